The second-order valence-electron chi connectivity index (χ2n) is 5.98. The minimum absolute atomic E-state index is 0.0735. The Bertz CT molecular complexity index is 829. The Hall–Kier alpha value is -2.00. The molecule has 0 spiro atoms. The van der Waals surface area contributed by atoms with Crippen LogP contribution in [0.1, 0.15) is 6.42 Å². The van der Waals surface area contributed by atoms with E-state index in [-0.39, 0.29) is 28.8 Å². The van der Waals surface area contributed by atoms with Gasteiger partial charge in [0.05, 0.1) is 18.1 Å². The Labute approximate surface area is 158 Å². The van der Waals surface area contributed by atoms with Crippen LogP contribution >= 0.6 is 23.4 Å². The lowest BCUT2D eigenvalue weighted by molar-refractivity contribution is -0.112. The first-order valence-electron chi connectivity index (χ1n) is 7.76. The molecule has 138 valence electrons. The van der Waals surface area contributed by atoms with Gasteiger partial charge in [-0.05, 0) is 12.1 Å². The molecule has 1 saturated carbocycles. The third-order valence-electron chi connectivity index (χ3n) is 4.01. The standard InChI is InChI=1S/C16H16ClF2N5OS/c1-23(15(25)12(20)9-26-8-10-5-16(10,18)19)13-7-24(22-14(13)17)11-3-2-4-21-6-11/h2-4,6-7,10,20H,5,8-9H2,1H3. The van der Waals surface area contributed by atoms with Gasteiger partial charge < -0.3 is 4.90 Å². The summed E-state index contributed by atoms with van der Waals surface area (Å²) in [6, 6.07) is 3.53. The number of amides is 1. The van der Waals surface area contributed by atoms with Crippen LogP contribution in [-0.4, -0.2) is 50.9 Å². The van der Waals surface area contributed by atoms with Gasteiger partial charge in [0.1, 0.15) is 11.4 Å². The van der Waals surface area contributed by atoms with E-state index in [1.54, 1.807) is 30.7 Å². The van der Waals surface area contributed by atoms with Crippen LogP contribution in [0.15, 0.2) is 30.7 Å². The second-order valence-corrected chi connectivity index (χ2v) is 7.37. The molecule has 0 bridgehead atoms. The van der Waals surface area contributed by atoms with Gasteiger partial charge >= 0.3 is 0 Å². The molecule has 0 aliphatic heterocycles. The highest BCUT2D eigenvalue weighted by molar-refractivity contribution is 8.00. The molecule has 1 N–H and O–H groups in total. The maximum Gasteiger partial charge on any atom is 0.272 e. The monoisotopic (exact) mass is 399 g/mol. The maximum atomic E-state index is 12.8. The zero-order chi connectivity index (χ0) is 18.9. The highest BCUT2D eigenvalue weighted by Gasteiger charge is 2.56. The molecule has 3 rings (SSSR count). The van der Waals surface area contributed by atoms with E-state index < -0.39 is 17.7 Å². The molecule has 1 atom stereocenters. The summed E-state index contributed by atoms with van der Waals surface area (Å²) >= 11 is 7.29. The van der Waals surface area contributed by atoms with E-state index in [4.69, 9.17) is 17.0 Å². The number of carbonyl (C=O) groups excluding carboxylic acids is 1. The van der Waals surface area contributed by atoms with Crippen LogP contribution < -0.4 is 4.90 Å². The Kier molecular flexibility index (Phi) is 5.29. The average Bonchev–Trinajstić information content (AvgIpc) is 3.04. The van der Waals surface area contributed by atoms with Gasteiger partial charge in [-0.2, -0.15) is 16.9 Å². The van der Waals surface area contributed by atoms with Crippen molar-refractivity contribution in [3.05, 3.63) is 35.9 Å². The fraction of sp³-hybridized carbons (Fsp3) is 0.375. The molecule has 1 unspecified atom stereocenters. The Morgan fingerprint density at radius 1 is 1.58 bits per heavy atom. The molecule has 2 aromatic rings. The number of thioether (sulfide) groups is 1. The molecule has 6 nitrogen and oxygen atoms in total. The van der Waals surface area contributed by atoms with Crippen LogP contribution in [-0.2, 0) is 4.79 Å². The van der Waals surface area contributed by atoms with Crippen LogP contribution in [0.3, 0.4) is 0 Å². The number of rotatable bonds is 7. The summed E-state index contributed by atoms with van der Waals surface area (Å²) in [6.07, 6.45) is 4.69. The van der Waals surface area contributed by atoms with Crippen molar-refractivity contribution in [2.24, 2.45) is 5.92 Å². The Morgan fingerprint density at radius 2 is 2.31 bits per heavy atom. The summed E-state index contributed by atoms with van der Waals surface area (Å²) in [6.45, 7) is 0. The fourth-order valence-electron chi connectivity index (χ4n) is 2.32. The predicted molar refractivity (Wildman–Crippen MR) is 97.9 cm³/mol. The van der Waals surface area contributed by atoms with E-state index in [1.165, 1.54) is 28.4 Å². The average molecular weight is 400 g/mol. The van der Waals surface area contributed by atoms with Gasteiger partial charge in [-0.25, -0.2) is 13.5 Å². The van der Waals surface area contributed by atoms with Crippen molar-refractivity contribution in [1.82, 2.24) is 14.8 Å². The molecule has 10 heteroatoms. The molecule has 1 aliphatic carbocycles. The topological polar surface area (TPSA) is 74.9 Å². The number of aromatic nitrogens is 3. The highest BCUT2D eigenvalue weighted by atomic mass is 35.5. The number of anilines is 1. The summed E-state index contributed by atoms with van der Waals surface area (Å²) < 4.78 is 27.2. The molecule has 2 aromatic heterocycles. The molecular weight excluding hydrogens is 384 g/mol. The van der Waals surface area contributed by atoms with Gasteiger partial charge in [0.15, 0.2) is 5.15 Å². The Morgan fingerprint density at radius 3 is 2.92 bits per heavy atom. The van der Waals surface area contributed by atoms with Crippen LogP contribution in [0, 0.1) is 11.3 Å². The number of hydrogen-bond acceptors (Lipinski definition) is 5. The highest BCUT2D eigenvalue weighted by Crippen LogP contribution is 2.50. The number of hydrogen-bond donors (Lipinski definition) is 1. The van der Waals surface area contributed by atoms with Crippen LogP contribution in [0.4, 0.5) is 14.5 Å². The minimum atomic E-state index is -2.58. The number of nitrogens with zero attached hydrogens (tertiary/aromatic N) is 4. The van der Waals surface area contributed by atoms with Gasteiger partial charge in [0.2, 0.25) is 0 Å². The molecule has 1 fully saturated rings. The van der Waals surface area contributed by atoms with Crippen molar-refractivity contribution in [3.8, 4) is 5.69 Å². The van der Waals surface area contributed by atoms with Gasteiger partial charge in [0.25, 0.3) is 11.8 Å². The third-order valence-corrected chi connectivity index (χ3v) is 5.41. The molecule has 2 heterocycles. The first-order valence-corrected chi connectivity index (χ1v) is 9.29. The fourth-order valence-corrected chi connectivity index (χ4v) is 3.67. The first kappa shape index (κ1) is 18.8. The quantitative estimate of drug-likeness (QED) is 0.725. The number of pyridine rings is 1. The van der Waals surface area contributed by atoms with Crippen LogP contribution in [0.2, 0.25) is 5.15 Å². The zero-order valence-corrected chi connectivity index (χ0v) is 15.4. The van der Waals surface area contributed by atoms with Gasteiger partial charge in [-0.1, -0.05) is 11.6 Å². The lowest BCUT2D eigenvalue weighted by Crippen LogP contribution is -2.34. The van der Waals surface area contributed by atoms with E-state index >= 15 is 0 Å². The molecule has 26 heavy (non-hydrogen) atoms. The number of nitrogens with one attached hydrogen (secondary N) is 1. The SMILES string of the molecule is CN(C(=O)C(=N)CSCC1CC1(F)F)c1cn(-c2cccnc2)nc1Cl. The summed E-state index contributed by atoms with van der Waals surface area (Å²) in [4.78, 5) is 17.6. The van der Waals surface area contributed by atoms with E-state index in [1.807, 2.05) is 0 Å². The van der Waals surface area contributed by atoms with Gasteiger partial charge in [-0.3, -0.25) is 15.2 Å². The summed E-state index contributed by atoms with van der Waals surface area (Å²) in [5.41, 5.74) is 0.855. The summed E-state index contributed by atoms with van der Waals surface area (Å²) in [5.74, 6) is -3.45. The van der Waals surface area contributed by atoms with E-state index in [9.17, 15) is 13.6 Å². The van der Waals surface area contributed by atoms with Crippen molar-refractivity contribution in [2.45, 2.75) is 12.3 Å². The van der Waals surface area contributed by atoms with Crippen LogP contribution in [0.5, 0.6) is 0 Å². The summed E-state index contributed by atoms with van der Waals surface area (Å²) in [7, 11) is 1.49. The van der Waals surface area contributed by atoms with Gasteiger partial charge in [-0.15, -0.1) is 0 Å². The molecule has 0 radical (unpaired) electrons. The molecule has 0 saturated heterocycles. The Balaban J connectivity index is 1.61. The maximum absolute atomic E-state index is 12.8. The van der Waals surface area contributed by atoms with Crippen LogP contribution in [0.25, 0.3) is 5.69 Å². The zero-order valence-electron chi connectivity index (χ0n) is 13.8. The lowest BCUT2D eigenvalue weighted by Gasteiger charge is -2.15. The largest absolute Gasteiger partial charge is 0.306 e. The first-order chi connectivity index (χ1) is 12.3. The van der Waals surface area contributed by atoms with Crippen molar-refractivity contribution in [1.29, 1.82) is 5.41 Å². The number of alkyl halides is 2. The van der Waals surface area contributed by atoms with E-state index in [2.05, 4.69) is 10.1 Å². The second kappa shape index (κ2) is 7.32. The predicted octanol–water partition coefficient (Wildman–Crippen LogP) is 3.29. The van der Waals surface area contributed by atoms with E-state index in [0.29, 0.717) is 11.4 Å². The third kappa shape index (κ3) is 4.04. The van der Waals surface area contributed by atoms with Crippen molar-refractivity contribution in [2.75, 3.05) is 23.5 Å². The normalized spacial score (nSPS) is 17.8. The molecule has 0 aromatic carbocycles. The van der Waals surface area contributed by atoms with E-state index in [0.717, 1.165) is 0 Å². The van der Waals surface area contributed by atoms with Crippen molar-refractivity contribution < 1.29 is 13.6 Å². The lowest BCUT2D eigenvalue weighted by atomic mass is 10.3. The number of halogens is 3. The van der Waals surface area contributed by atoms with Crippen molar-refractivity contribution >= 4 is 40.7 Å². The molecule has 1 amide bonds. The number of carbonyl (C=O) groups is 1. The molecular formula is C16H16ClF2N5OS. The van der Waals surface area contributed by atoms with Crippen molar-refractivity contribution in [3.63, 3.8) is 0 Å². The van der Waals surface area contributed by atoms with Gasteiger partial charge in [0, 0.05) is 37.1 Å². The molecule has 1 aliphatic rings. The summed E-state index contributed by atoms with van der Waals surface area (Å²) in [5, 5.41) is 12.2. The smallest absolute Gasteiger partial charge is 0.272 e. The minimum Gasteiger partial charge on any atom is -0.306 e.